The van der Waals surface area contributed by atoms with Gasteiger partial charge in [0.2, 0.25) is 0 Å². The molecule has 31 heavy (non-hydrogen) atoms. The van der Waals surface area contributed by atoms with E-state index in [9.17, 15) is 4.79 Å². The third-order valence-corrected chi connectivity index (χ3v) is 6.84. The van der Waals surface area contributed by atoms with E-state index in [1.165, 1.54) is 4.90 Å². The molecule has 0 aliphatic rings. The standard InChI is InChI=1S/C22H26ClN3O2S2.ClH/c1-4-25(5-2)12-13-26(21(27)15-28-17-8-6-16(23)7-9-17)22-24-19-11-10-18(29-3)14-20(19)30-22;/h6-11,14H,4-5,12-13,15H2,1-3H3;1H. The maximum absolute atomic E-state index is 13.1. The molecule has 0 bridgehead atoms. The number of hydrogen-bond donors (Lipinski definition) is 0. The van der Waals surface area contributed by atoms with E-state index in [-0.39, 0.29) is 24.9 Å². The zero-order chi connectivity index (χ0) is 21.5. The van der Waals surface area contributed by atoms with Gasteiger partial charge in [-0.2, -0.15) is 0 Å². The first-order valence-corrected chi connectivity index (χ1v) is 12.3. The van der Waals surface area contributed by atoms with Crippen molar-refractivity contribution in [2.24, 2.45) is 0 Å². The quantitative estimate of drug-likeness (QED) is 0.327. The number of likely N-dealkylation sites (N-methyl/N-ethyl adjacent to an activating group) is 1. The van der Waals surface area contributed by atoms with Crippen LogP contribution in [-0.4, -0.2) is 54.8 Å². The number of amides is 1. The second-order valence-electron chi connectivity index (χ2n) is 6.64. The number of aromatic nitrogens is 1. The number of benzene rings is 2. The van der Waals surface area contributed by atoms with E-state index in [0.717, 1.165) is 29.9 Å². The van der Waals surface area contributed by atoms with Gasteiger partial charge in [0.25, 0.3) is 5.91 Å². The minimum absolute atomic E-state index is 0. The molecular weight excluding hydrogens is 473 g/mol. The number of hydrogen-bond acceptors (Lipinski definition) is 6. The first kappa shape index (κ1) is 25.7. The fourth-order valence-corrected chi connectivity index (χ4v) is 4.69. The van der Waals surface area contributed by atoms with E-state index in [4.69, 9.17) is 21.3 Å². The molecule has 0 saturated carbocycles. The van der Waals surface area contributed by atoms with Crippen molar-refractivity contribution in [1.82, 2.24) is 9.88 Å². The van der Waals surface area contributed by atoms with Crippen molar-refractivity contribution in [3.05, 3.63) is 47.5 Å². The minimum atomic E-state index is -0.110. The summed E-state index contributed by atoms with van der Waals surface area (Å²) in [7, 11) is 0. The van der Waals surface area contributed by atoms with Gasteiger partial charge in [-0.15, -0.1) is 24.2 Å². The molecule has 0 saturated heterocycles. The lowest BCUT2D eigenvalue weighted by Gasteiger charge is -2.24. The van der Waals surface area contributed by atoms with Crippen LogP contribution < -0.4 is 9.64 Å². The molecule has 0 aliphatic carbocycles. The predicted molar refractivity (Wildman–Crippen MR) is 136 cm³/mol. The fourth-order valence-electron chi connectivity index (χ4n) is 3.00. The average molecular weight is 501 g/mol. The number of anilines is 1. The Bertz CT molecular complexity index is 979. The Labute approximate surface area is 203 Å². The van der Waals surface area contributed by atoms with Gasteiger partial charge >= 0.3 is 0 Å². The molecule has 0 N–H and O–H groups in total. The van der Waals surface area contributed by atoms with E-state index in [1.807, 2.05) is 6.07 Å². The Morgan fingerprint density at radius 3 is 2.48 bits per heavy atom. The lowest BCUT2D eigenvalue weighted by atomic mass is 10.3. The zero-order valence-electron chi connectivity index (χ0n) is 17.8. The third-order valence-electron chi connectivity index (χ3n) is 4.83. The maximum atomic E-state index is 13.1. The molecule has 5 nitrogen and oxygen atoms in total. The van der Waals surface area contributed by atoms with Gasteiger partial charge in [-0.3, -0.25) is 9.69 Å². The first-order valence-electron chi connectivity index (χ1n) is 9.89. The number of halogens is 2. The Morgan fingerprint density at radius 2 is 1.84 bits per heavy atom. The van der Waals surface area contributed by atoms with Gasteiger partial charge in [0, 0.05) is 23.0 Å². The van der Waals surface area contributed by atoms with Crippen LogP contribution >= 0.6 is 47.1 Å². The van der Waals surface area contributed by atoms with Crippen LogP contribution in [0.4, 0.5) is 5.13 Å². The molecule has 168 valence electrons. The highest BCUT2D eigenvalue weighted by atomic mass is 35.5. The number of thiazole rings is 1. The van der Waals surface area contributed by atoms with Gasteiger partial charge < -0.3 is 9.64 Å². The van der Waals surface area contributed by atoms with Crippen molar-refractivity contribution >= 4 is 68.4 Å². The molecule has 0 unspecified atom stereocenters. The lowest BCUT2D eigenvalue weighted by molar-refractivity contribution is -0.120. The number of carbonyl (C=O) groups excluding carboxylic acids is 1. The van der Waals surface area contributed by atoms with Gasteiger partial charge in [-0.25, -0.2) is 4.98 Å². The molecule has 3 aromatic rings. The second-order valence-corrected chi connectivity index (χ2v) is 8.97. The summed E-state index contributed by atoms with van der Waals surface area (Å²) in [4.78, 5) is 23.0. The zero-order valence-corrected chi connectivity index (χ0v) is 21.0. The SMILES string of the molecule is CCN(CC)CCN(C(=O)COc1ccc(Cl)cc1)c1nc2ccc(SC)cc2s1.Cl. The topological polar surface area (TPSA) is 45.7 Å². The summed E-state index contributed by atoms with van der Waals surface area (Å²) < 4.78 is 6.79. The Kier molecular flexibility index (Phi) is 10.4. The number of nitrogens with zero attached hydrogens (tertiary/aromatic N) is 3. The van der Waals surface area contributed by atoms with Crippen LogP contribution in [0.5, 0.6) is 5.75 Å². The number of fused-ring (bicyclic) bond motifs is 1. The van der Waals surface area contributed by atoms with Gasteiger partial charge in [0.1, 0.15) is 5.75 Å². The highest BCUT2D eigenvalue weighted by molar-refractivity contribution is 7.98. The van der Waals surface area contributed by atoms with Crippen LogP contribution in [0.15, 0.2) is 47.4 Å². The average Bonchev–Trinajstić information content (AvgIpc) is 3.19. The van der Waals surface area contributed by atoms with Gasteiger partial charge in [-0.05, 0) is 61.8 Å². The van der Waals surface area contributed by atoms with Gasteiger partial charge in [-0.1, -0.05) is 36.8 Å². The predicted octanol–water partition coefficient (Wildman–Crippen LogP) is 5.85. The largest absolute Gasteiger partial charge is 0.484 e. The van der Waals surface area contributed by atoms with E-state index >= 15 is 0 Å². The summed E-state index contributed by atoms with van der Waals surface area (Å²) in [6.45, 7) is 7.44. The van der Waals surface area contributed by atoms with Crippen LogP contribution in [0.2, 0.25) is 5.02 Å². The molecule has 0 aliphatic heterocycles. The number of thioether (sulfide) groups is 1. The minimum Gasteiger partial charge on any atom is -0.484 e. The summed E-state index contributed by atoms with van der Waals surface area (Å²) >= 11 is 9.16. The molecule has 0 spiro atoms. The molecule has 2 aromatic carbocycles. The van der Waals surface area contributed by atoms with Crippen molar-refractivity contribution in [2.45, 2.75) is 18.7 Å². The highest BCUT2D eigenvalue weighted by Gasteiger charge is 2.21. The van der Waals surface area contributed by atoms with Crippen molar-refractivity contribution in [2.75, 3.05) is 43.9 Å². The highest BCUT2D eigenvalue weighted by Crippen LogP contribution is 2.31. The number of rotatable bonds is 10. The monoisotopic (exact) mass is 499 g/mol. The van der Waals surface area contributed by atoms with Crippen molar-refractivity contribution in [3.8, 4) is 5.75 Å². The first-order chi connectivity index (χ1) is 14.5. The molecule has 0 radical (unpaired) electrons. The summed E-state index contributed by atoms with van der Waals surface area (Å²) in [6, 6.07) is 13.2. The van der Waals surface area contributed by atoms with Gasteiger partial charge in [0.15, 0.2) is 11.7 Å². The Hall–Kier alpha value is -1.51. The lowest BCUT2D eigenvalue weighted by Crippen LogP contribution is -2.41. The molecule has 1 heterocycles. The van der Waals surface area contributed by atoms with Crippen LogP contribution in [0.25, 0.3) is 10.2 Å². The maximum Gasteiger partial charge on any atom is 0.266 e. The number of ether oxygens (including phenoxy) is 1. The Morgan fingerprint density at radius 1 is 1.13 bits per heavy atom. The van der Waals surface area contributed by atoms with Crippen LogP contribution in [-0.2, 0) is 4.79 Å². The Balaban J connectivity index is 0.00000341. The molecule has 3 rings (SSSR count). The second kappa shape index (κ2) is 12.5. The summed E-state index contributed by atoms with van der Waals surface area (Å²) in [5.74, 6) is 0.506. The molecule has 0 fully saturated rings. The van der Waals surface area contributed by atoms with E-state index < -0.39 is 0 Å². The van der Waals surface area contributed by atoms with Crippen molar-refractivity contribution in [1.29, 1.82) is 0 Å². The summed E-state index contributed by atoms with van der Waals surface area (Å²) in [5.41, 5.74) is 0.909. The van der Waals surface area contributed by atoms with Crippen LogP contribution in [0, 0.1) is 0 Å². The summed E-state index contributed by atoms with van der Waals surface area (Å²) in [6.07, 6.45) is 2.05. The van der Waals surface area contributed by atoms with Crippen LogP contribution in [0.3, 0.4) is 0 Å². The molecular formula is C22H27Cl2N3O2S2. The van der Waals surface area contributed by atoms with E-state index in [2.05, 4.69) is 37.1 Å². The molecule has 1 aromatic heterocycles. The van der Waals surface area contributed by atoms with E-state index in [1.54, 1.807) is 52.3 Å². The normalized spacial score (nSPS) is 10.9. The van der Waals surface area contributed by atoms with Crippen molar-refractivity contribution < 1.29 is 9.53 Å². The van der Waals surface area contributed by atoms with Crippen molar-refractivity contribution in [3.63, 3.8) is 0 Å². The third kappa shape index (κ3) is 6.99. The van der Waals surface area contributed by atoms with E-state index in [0.29, 0.717) is 22.4 Å². The van der Waals surface area contributed by atoms with Gasteiger partial charge in [0.05, 0.1) is 10.2 Å². The molecule has 9 heteroatoms. The smallest absolute Gasteiger partial charge is 0.266 e. The molecule has 0 atom stereocenters. The fraction of sp³-hybridized carbons (Fsp3) is 0.364. The number of carbonyl (C=O) groups is 1. The summed E-state index contributed by atoms with van der Waals surface area (Å²) in [5, 5.41) is 1.34. The van der Waals surface area contributed by atoms with Crippen LogP contribution in [0.1, 0.15) is 13.8 Å². The molecule has 1 amide bonds.